The van der Waals surface area contributed by atoms with Gasteiger partial charge in [0.25, 0.3) is 0 Å². The van der Waals surface area contributed by atoms with Gasteiger partial charge >= 0.3 is 7.82 Å². The van der Waals surface area contributed by atoms with Gasteiger partial charge in [-0.05, 0) is 31.0 Å². The summed E-state index contributed by atoms with van der Waals surface area (Å²) in [6, 6.07) is 5.49. The van der Waals surface area contributed by atoms with E-state index in [0.29, 0.717) is 16.8 Å². The van der Waals surface area contributed by atoms with E-state index in [1.165, 1.54) is 0 Å². The third kappa shape index (κ3) is 6.21. The van der Waals surface area contributed by atoms with Crippen LogP contribution in [0.15, 0.2) is 18.2 Å². The van der Waals surface area contributed by atoms with Crippen molar-refractivity contribution in [2.24, 2.45) is 0 Å². The summed E-state index contributed by atoms with van der Waals surface area (Å²) < 4.78 is 22.6. The van der Waals surface area contributed by atoms with Crippen molar-refractivity contribution in [2.75, 3.05) is 34.3 Å². The summed E-state index contributed by atoms with van der Waals surface area (Å²) in [5.74, 6) is 0.385. The molecule has 0 aliphatic carbocycles. The minimum absolute atomic E-state index is 0.169. The van der Waals surface area contributed by atoms with Crippen LogP contribution in [0.25, 0.3) is 0 Å². The molecule has 0 saturated heterocycles. The molecule has 1 atom stereocenters. The predicted molar refractivity (Wildman–Crippen MR) is 75.2 cm³/mol. The summed E-state index contributed by atoms with van der Waals surface area (Å²) in [5.41, 5.74) is 1.77. The lowest BCUT2D eigenvalue weighted by atomic mass is 10.1. The molecule has 0 bridgehead atoms. The lowest BCUT2D eigenvalue weighted by Crippen LogP contribution is -2.37. The van der Waals surface area contributed by atoms with Gasteiger partial charge in [-0.15, -0.1) is 0 Å². The quantitative estimate of drug-likeness (QED) is 0.645. The highest BCUT2D eigenvalue weighted by Crippen LogP contribution is 2.44. The molecule has 0 amide bonds. The molecule has 0 spiro atoms. The van der Waals surface area contributed by atoms with Gasteiger partial charge in [0.2, 0.25) is 0 Å². The van der Waals surface area contributed by atoms with E-state index in [2.05, 4.69) is 0 Å². The van der Waals surface area contributed by atoms with E-state index in [1.54, 1.807) is 6.07 Å². The van der Waals surface area contributed by atoms with E-state index in [1.807, 2.05) is 47.1 Å². The van der Waals surface area contributed by atoms with Crippen molar-refractivity contribution in [1.82, 2.24) is 0 Å². The van der Waals surface area contributed by atoms with Crippen LogP contribution < -0.4 is 4.52 Å². The van der Waals surface area contributed by atoms with Crippen molar-refractivity contribution >= 4 is 7.82 Å². The van der Waals surface area contributed by atoms with Crippen molar-refractivity contribution in [3.05, 3.63) is 29.3 Å². The average molecular weight is 288 g/mol. The van der Waals surface area contributed by atoms with Gasteiger partial charge in [0.15, 0.2) is 0 Å². The highest BCUT2D eigenvalue weighted by Gasteiger charge is 2.25. The second-order valence-electron chi connectivity index (χ2n) is 5.68. The number of hydrogen-bond acceptors (Lipinski definition) is 3. The molecule has 0 saturated carbocycles. The van der Waals surface area contributed by atoms with Gasteiger partial charge < -0.3 is 9.01 Å². The molecule has 1 aromatic rings. The van der Waals surface area contributed by atoms with Crippen LogP contribution in [0.4, 0.5) is 0 Å². The van der Waals surface area contributed by atoms with Gasteiger partial charge in [0, 0.05) is 0 Å². The number of nitrogens with zero attached hydrogens (tertiary/aromatic N) is 1. The molecule has 1 rings (SSSR count). The minimum Gasteiger partial charge on any atom is -0.404 e. The first-order chi connectivity index (χ1) is 8.59. The van der Waals surface area contributed by atoms with Crippen molar-refractivity contribution in [2.45, 2.75) is 13.8 Å². The maximum absolute atomic E-state index is 11.8. The van der Waals surface area contributed by atoms with E-state index in [9.17, 15) is 9.46 Å². The Morgan fingerprint density at radius 2 is 1.89 bits per heavy atom. The number of phosphoric acid groups is 1. The van der Waals surface area contributed by atoms with Gasteiger partial charge in [-0.1, -0.05) is 12.1 Å². The smallest absolute Gasteiger partial charge is 0.404 e. The Hall–Kier alpha value is -0.870. The molecule has 1 N–H and O–H groups in total. The number of quaternary nitrogens is 1. The van der Waals surface area contributed by atoms with Gasteiger partial charge in [-0.2, -0.15) is 0 Å². The van der Waals surface area contributed by atoms with Crippen LogP contribution in [0.1, 0.15) is 11.1 Å². The monoisotopic (exact) mass is 288 g/mol. The molecule has 0 fully saturated rings. The molecular formula is C13H23NO4P+. The fourth-order valence-electron chi connectivity index (χ4n) is 1.39. The Balaban J connectivity index is 2.64. The highest BCUT2D eigenvalue weighted by atomic mass is 31.2. The second-order valence-corrected chi connectivity index (χ2v) is 7.05. The van der Waals surface area contributed by atoms with E-state index >= 15 is 0 Å². The summed E-state index contributed by atoms with van der Waals surface area (Å²) in [7, 11) is 1.89. The summed E-state index contributed by atoms with van der Waals surface area (Å²) in [6.07, 6.45) is 0. The maximum Gasteiger partial charge on any atom is 0.527 e. The van der Waals surface area contributed by atoms with Gasteiger partial charge in [0.05, 0.1) is 21.1 Å². The molecule has 1 unspecified atom stereocenters. The molecule has 108 valence electrons. The van der Waals surface area contributed by atoms with Gasteiger partial charge in [-0.3, -0.25) is 9.42 Å². The normalized spacial score (nSPS) is 15.1. The van der Waals surface area contributed by atoms with Crippen LogP contribution in [0.3, 0.4) is 0 Å². The van der Waals surface area contributed by atoms with E-state index in [0.717, 1.165) is 11.1 Å². The summed E-state index contributed by atoms with van der Waals surface area (Å²) >= 11 is 0. The number of aryl methyl sites for hydroxylation is 2. The predicted octanol–water partition coefficient (Wildman–Crippen LogP) is 2.51. The van der Waals surface area contributed by atoms with Crippen LogP contribution in [-0.2, 0) is 9.09 Å². The average Bonchev–Trinajstić information content (AvgIpc) is 2.20. The molecule has 0 aliphatic heterocycles. The Bertz CT molecular complexity index is 482. The number of hydrogen-bond donors (Lipinski definition) is 1. The summed E-state index contributed by atoms with van der Waals surface area (Å²) in [4.78, 5) is 9.68. The van der Waals surface area contributed by atoms with Crippen molar-refractivity contribution in [3.8, 4) is 5.75 Å². The van der Waals surface area contributed by atoms with E-state index in [-0.39, 0.29) is 6.61 Å². The van der Waals surface area contributed by atoms with Crippen LogP contribution in [0, 0.1) is 13.8 Å². The molecule has 5 nitrogen and oxygen atoms in total. The summed E-state index contributed by atoms with van der Waals surface area (Å²) in [5, 5.41) is 0. The van der Waals surface area contributed by atoms with Crippen molar-refractivity contribution in [1.29, 1.82) is 0 Å². The third-order valence-electron chi connectivity index (χ3n) is 2.57. The Morgan fingerprint density at radius 3 is 2.47 bits per heavy atom. The lowest BCUT2D eigenvalue weighted by Gasteiger charge is -2.24. The number of benzene rings is 1. The fourth-order valence-corrected chi connectivity index (χ4v) is 2.20. The largest absolute Gasteiger partial charge is 0.527 e. The van der Waals surface area contributed by atoms with Crippen molar-refractivity contribution in [3.63, 3.8) is 0 Å². The number of likely N-dealkylation sites (N-methyl/N-ethyl adjacent to an activating group) is 1. The van der Waals surface area contributed by atoms with E-state index < -0.39 is 7.82 Å². The highest BCUT2D eigenvalue weighted by molar-refractivity contribution is 7.47. The van der Waals surface area contributed by atoms with Crippen LogP contribution in [0.5, 0.6) is 5.75 Å². The van der Waals surface area contributed by atoms with E-state index in [4.69, 9.17) is 9.05 Å². The molecule has 19 heavy (non-hydrogen) atoms. The molecule has 6 heteroatoms. The van der Waals surface area contributed by atoms with Gasteiger partial charge in [0.1, 0.15) is 18.9 Å². The first-order valence-electron chi connectivity index (χ1n) is 6.14. The van der Waals surface area contributed by atoms with Crippen LogP contribution in [0.2, 0.25) is 0 Å². The summed E-state index contributed by atoms with van der Waals surface area (Å²) in [6.45, 7) is 4.51. The molecular weight excluding hydrogens is 265 g/mol. The zero-order valence-corrected chi connectivity index (χ0v) is 13.1. The molecule has 0 aromatic heterocycles. The first kappa shape index (κ1) is 16.2. The maximum atomic E-state index is 11.8. The lowest BCUT2D eigenvalue weighted by molar-refractivity contribution is -0.870. The van der Waals surface area contributed by atoms with Crippen molar-refractivity contribution < 1.29 is 23.0 Å². The number of phosphoric ester groups is 1. The second kappa shape index (κ2) is 6.06. The van der Waals surface area contributed by atoms with Gasteiger partial charge in [-0.25, -0.2) is 4.57 Å². The zero-order valence-electron chi connectivity index (χ0n) is 12.2. The zero-order chi connectivity index (χ0) is 14.7. The third-order valence-corrected chi connectivity index (χ3v) is 3.51. The topological polar surface area (TPSA) is 55.8 Å². The molecule has 0 heterocycles. The Morgan fingerprint density at radius 1 is 1.26 bits per heavy atom. The molecule has 0 radical (unpaired) electrons. The SMILES string of the molecule is Cc1ccc(C)c(OP(=O)(O)OCC[N+](C)(C)C)c1. The molecule has 1 aromatic carbocycles. The Labute approximate surface area is 115 Å². The Kier molecular flexibility index (Phi) is 5.16. The first-order valence-corrected chi connectivity index (χ1v) is 7.63. The minimum atomic E-state index is -4.06. The number of rotatable bonds is 6. The standard InChI is InChI=1S/C13H22NO4P/c1-11-6-7-12(2)13(10-11)18-19(15,16)17-9-8-14(3,4)5/h6-7,10H,8-9H2,1-5H3/p+1. The fraction of sp³-hybridized carbons (Fsp3) is 0.538. The van der Waals surface area contributed by atoms with Crippen LogP contribution >= 0.6 is 7.82 Å². The molecule has 0 aliphatic rings. The van der Waals surface area contributed by atoms with Crippen LogP contribution in [-0.4, -0.2) is 43.7 Å².